The molecule has 0 unspecified atom stereocenters. The molecule has 3 N–H and O–H groups in total. The third kappa shape index (κ3) is 3.13. The van der Waals surface area contributed by atoms with Gasteiger partial charge in [-0.3, -0.25) is 4.98 Å². The Kier molecular flexibility index (Phi) is 4.82. The van der Waals surface area contributed by atoms with Gasteiger partial charge in [0.05, 0.1) is 16.7 Å². The molecule has 0 saturated carbocycles. The summed E-state index contributed by atoms with van der Waals surface area (Å²) in [5.74, 6) is 0. The molecule has 5 aromatic rings. The van der Waals surface area contributed by atoms with Gasteiger partial charge in [-0.15, -0.1) is 0 Å². The van der Waals surface area contributed by atoms with E-state index in [9.17, 15) is 0 Å². The summed E-state index contributed by atoms with van der Waals surface area (Å²) in [6, 6.07) is 21.4. The van der Waals surface area contributed by atoms with Crippen molar-refractivity contribution >= 4 is 48.5 Å². The van der Waals surface area contributed by atoms with E-state index in [4.69, 9.17) is 10.7 Å². The van der Waals surface area contributed by atoms with Crippen LogP contribution in [0.25, 0.3) is 43.8 Å². The summed E-state index contributed by atoms with van der Waals surface area (Å²) >= 11 is 3.68. The minimum atomic E-state index is 0.726. The van der Waals surface area contributed by atoms with E-state index in [1.54, 1.807) is 0 Å². The van der Waals surface area contributed by atoms with Crippen LogP contribution < -0.4 is 5.73 Å². The third-order valence-electron chi connectivity index (χ3n) is 5.67. The topological polar surface area (TPSA) is 54.7 Å². The summed E-state index contributed by atoms with van der Waals surface area (Å²) in [4.78, 5) is 8.49. The molecule has 2 heterocycles. The molecule has 0 bridgehead atoms. The Morgan fingerprint density at radius 1 is 0.862 bits per heavy atom. The van der Waals surface area contributed by atoms with Crippen LogP contribution in [0.3, 0.4) is 0 Å². The highest BCUT2D eigenvalue weighted by Gasteiger charge is 2.17. The van der Waals surface area contributed by atoms with Gasteiger partial charge in [-0.1, -0.05) is 58.4 Å². The highest BCUT2D eigenvalue weighted by Crippen LogP contribution is 2.38. The number of rotatable bonds is 5. The third-order valence-corrected chi connectivity index (χ3v) is 6.36. The van der Waals surface area contributed by atoms with Gasteiger partial charge in [-0.05, 0) is 55.0 Å². The number of aromatic nitrogens is 2. The zero-order valence-corrected chi connectivity index (χ0v) is 17.7. The van der Waals surface area contributed by atoms with Crippen molar-refractivity contribution in [1.82, 2.24) is 9.97 Å². The molecule has 0 saturated heterocycles. The fourth-order valence-electron chi connectivity index (χ4n) is 4.27. The first-order chi connectivity index (χ1) is 14.3. The van der Waals surface area contributed by atoms with Crippen LogP contribution >= 0.6 is 15.9 Å². The van der Waals surface area contributed by atoms with Gasteiger partial charge in [0.25, 0.3) is 0 Å². The summed E-state index contributed by atoms with van der Waals surface area (Å²) in [7, 11) is 0. The molecule has 0 radical (unpaired) electrons. The predicted octanol–water partition coefficient (Wildman–Crippen LogP) is 6.58. The highest BCUT2D eigenvalue weighted by atomic mass is 79.9. The van der Waals surface area contributed by atoms with Gasteiger partial charge in [0.15, 0.2) is 0 Å². The first-order valence-corrected chi connectivity index (χ1v) is 10.8. The Morgan fingerprint density at radius 2 is 1.72 bits per heavy atom. The molecule has 3 aromatic carbocycles. The zero-order valence-electron chi connectivity index (χ0n) is 16.1. The van der Waals surface area contributed by atoms with Gasteiger partial charge in [0.1, 0.15) is 0 Å². The number of halogens is 1. The minimum Gasteiger partial charge on any atom is -0.354 e. The minimum absolute atomic E-state index is 0.726. The van der Waals surface area contributed by atoms with E-state index < -0.39 is 0 Å². The van der Waals surface area contributed by atoms with E-state index in [-0.39, 0.29) is 0 Å². The fourth-order valence-corrected chi connectivity index (χ4v) is 4.72. The largest absolute Gasteiger partial charge is 0.354 e. The average molecular weight is 444 g/mol. The Balaban J connectivity index is 1.82. The molecular weight excluding hydrogens is 422 g/mol. The lowest BCUT2D eigenvalue weighted by Gasteiger charge is -2.09. The van der Waals surface area contributed by atoms with Crippen molar-refractivity contribution in [1.29, 1.82) is 0 Å². The van der Waals surface area contributed by atoms with Crippen LogP contribution in [0.1, 0.15) is 18.4 Å². The van der Waals surface area contributed by atoms with Gasteiger partial charge >= 0.3 is 0 Å². The number of aryl methyl sites for hydroxylation is 1. The van der Waals surface area contributed by atoms with Gasteiger partial charge in [0, 0.05) is 32.4 Å². The van der Waals surface area contributed by atoms with Gasteiger partial charge in [0.2, 0.25) is 0 Å². The fraction of sp³-hybridized carbons (Fsp3) is 0.160. The van der Waals surface area contributed by atoms with E-state index in [2.05, 4.69) is 75.5 Å². The number of hydrogen-bond acceptors (Lipinski definition) is 2. The molecule has 4 heteroatoms. The Labute approximate surface area is 178 Å². The van der Waals surface area contributed by atoms with Gasteiger partial charge in [-0.2, -0.15) is 0 Å². The van der Waals surface area contributed by atoms with Crippen molar-refractivity contribution in [2.24, 2.45) is 5.73 Å². The molecule has 0 atom stereocenters. The van der Waals surface area contributed by atoms with Crippen molar-refractivity contribution in [2.45, 2.75) is 19.3 Å². The lowest BCUT2D eigenvalue weighted by molar-refractivity contribution is 0.748. The van der Waals surface area contributed by atoms with Crippen LogP contribution in [0.5, 0.6) is 0 Å². The van der Waals surface area contributed by atoms with Crippen LogP contribution in [-0.2, 0) is 6.42 Å². The summed E-state index contributed by atoms with van der Waals surface area (Å²) in [6.07, 6.45) is 4.96. The molecule has 0 fully saturated rings. The predicted molar refractivity (Wildman–Crippen MR) is 126 cm³/mol. The molecule has 2 aromatic heterocycles. The van der Waals surface area contributed by atoms with Crippen molar-refractivity contribution in [3.8, 4) is 11.3 Å². The zero-order chi connectivity index (χ0) is 19.8. The van der Waals surface area contributed by atoms with E-state index >= 15 is 0 Å². The molecule has 3 nitrogen and oxygen atoms in total. The summed E-state index contributed by atoms with van der Waals surface area (Å²) in [5.41, 5.74) is 11.7. The Bertz CT molecular complexity index is 1340. The Hall–Kier alpha value is -2.69. The van der Waals surface area contributed by atoms with Crippen LogP contribution in [0.2, 0.25) is 0 Å². The molecule has 144 valence electrons. The summed E-state index contributed by atoms with van der Waals surface area (Å²) < 4.78 is 1.07. The number of pyridine rings is 1. The molecule has 0 aliphatic heterocycles. The molecule has 0 aliphatic rings. The lowest BCUT2D eigenvalue weighted by atomic mass is 9.97. The molecule has 29 heavy (non-hydrogen) atoms. The summed E-state index contributed by atoms with van der Waals surface area (Å²) in [5, 5.41) is 4.93. The molecule has 0 spiro atoms. The maximum atomic E-state index is 5.77. The number of nitrogens with zero attached hydrogens (tertiary/aromatic N) is 1. The number of benzene rings is 3. The first kappa shape index (κ1) is 18.3. The van der Waals surface area contributed by atoms with Crippen molar-refractivity contribution in [3.05, 3.63) is 76.9 Å². The number of H-pyrrole nitrogens is 1. The van der Waals surface area contributed by atoms with Crippen molar-refractivity contribution in [2.75, 3.05) is 6.54 Å². The number of fused-ring (bicyclic) bond motifs is 4. The van der Waals surface area contributed by atoms with Crippen LogP contribution in [0.15, 0.2) is 71.3 Å². The number of nitrogens with one attached hydrogen (secondary N) is 1. The molecule has 0 amide bonds. The molecule has 0 aliphatic carbocycles. The van der Waals surface area contributed by atoms with Crippen molar-refractivity contribution in [3.63, 3.8) is 0 Å². The Morgan fingerprint density at radius 3 is 2.62 bits per heavy atom. The maximum absolute atomic E-state index is 5.77. The molecular formula is C25H22BrN3. The van der Waals surface area contributed by atoms with Crippen molar-refractivity contribution < 1.29 is 0 Å². The van der Waals surface area contributed by atoms with E-state index in [1.807, 2.05) is 12.3 Å². The number of nitrogens with two attached hydrogens (primary N) is 1. The van der Waals surface area contributed by atoms with E-state index in [1.165, 1.54) is 32.9 Å². The molecule has 5 rings (SSSR count). The maximum Gasteiger partial charge on any atom is 0.0806 e. The second kappa shape index (κ2) is 7.62. The van der Waals surface area contributed by atoms with Gasteiger partial charge < -0.3 is 10.7 Å². The highest BCUT2D eigenvalue weighted by molar-refractivity contribution is 9.10. The van der Waals surface area contributed by atoms with Crippen LogP contribution in [0.4, 0.5) is 0 Å². The second-order valence-corrected chi connectivity index (χ2v) is 8.28. The number of unbranched alkanes of at least 4 members (excludes halogenated alkanes) is 1. The number of aromatic amines is 1. The SMILES string of the molecule is NCCCCc1c(-c2ccc(Br)c3cccnc23)[nH]c2c1ccc1ccccc12. The first-order valence-electron chi connectivity index (χ1n) is 10.0. The van der Waals surface area contributed by atoms with E-state index in [0.29, 0.717) is 0 Å². The van der Waals surface area contributed by atoms with Gasteiger partial charge in [-0.25, -0.2) is 0 Å². The summed E-state index contributed by atoms with van der Waals surface area (Å²) in [6.45, 7) is 0.726. The normalized spacial score (nSPS) is 11.7. The monoisotopic (exact) mass is 443 g/mol. The van der Waals surface area contributed by atoms with Crippen LogP contribution in [0, 0.1) is 0 Å². The standard InChI is InChI=1S/C25H22BrN3/c26-22-13-12-21(23-20(22)9-5-15-28-23)25-18(8-3-4-14-27)19-11-10-16-6-1-2-7-17(16)24(19)29-25/h1-2,5-7,9-13,15,29H,3-4,8,14,27H2. The smallest absolute Gasteiger partial charge is 0.0806 e. The quantitative estimate of drug-likeness (QED) is 0.301. The average Bonchev–Trinajstić information content (AvgIpc) is 3.13. The lowest BCUT2D eigenvalue weighted by Crippen LogP contribution is -1.99. The van der Waals surface area contributed by atoms with Crippen LogP contribution in [-0.4, -0.2) is 16.5 Å². The second-order valence-electron chi connectivity index (χ2n) is 7.43. The number of hydrogen-bond donors (Lipinski definition) is 2. The van der Waals surface area contributed by atoms with E-state index in [0.717, 1.165) is 46.7 Å².